The van der Waals surface area contributed by atoms with Gasteiger partial charge >= 0.3 is 23.9 Å². The highest BCUT2D eigenvalue weighted by molar-refractivity contribution is 5.94. The Labute approximate surface area is 414 Å². The van der Waals surface area contributed by atoms with Crippen LogP contribution in [-0.4, -0.2) is 144 Å². The molecule has 1 unspecified atom stereocenters. The predicted molar refractivity (Wildman–Crippen MR) is 264 cm³/mol. The Hall–Kier alpha value is -6.20. The van der Waals surface area contributed by atoms with Crippen molar-refractivity contribution >= 4 is 58.9 Å². The van der Waals surface area contributed by atoms with Gasteiger partial charge in [-0.05, 0) is 98.6 Å². The summed E-state index contributed by atoms with van der Waals surface area (Å²) in [7, 11) is 5.49. The third-order valence-electron chi connectivity index (χ3n) is 12.3. The molecule has 0 saturated carbocycles. The Morgan fingerprint density at radius 2 is 0.629 bits per heavy atom. The molecule has 1 aliphatic rings. The van der Waals surface area contributed by atoms with E-state index in [-0.39, 0.29) is 62.2 Å². The van der Waals surface area contributed by atoms with Crippen LogP contribution in [0.5, 0.6) is 0 Å². The van der Waals surface area contributed by atoms with Gasteiger partial charge in [-0.25, -0.2) is 19.2 Å². The van der Waals surface area contributed by atoms with Crippen LogP contribution in [0.3, 0.4) is 0 Å². The minimum absolute atomic E-state index is 0.0857. The highest BCUT2D eigenvalue weighted by Gasteiger charge is 2.43. The Bertz CT molecular complexity index is 1960. The van der Waals surface area contributed by atoms with Gasteiger partial charge in [0.15, 0.2) is 24.4 Å². The fourth-order valence-corrected chi connectivity index (χ4v) is 8.22. The van der Waals surface area contributed by atoms with E-state index >= 15 is 0 Å². The number of likely N-dealkylation sites (N-methyl/N-ethyl adjacent to an activating group) is 4. The molecular weight excluding hydrogens is 901 g/mol. The van der Waals surface area contributed by atoms with E-state index in [1.165, 1.54) is 42.0 Å². The second-order valence-electron chi connectivity index (χ2n) is 20.3. The molecule has 4 N–H and O–H groups in total. The molecule has 0 aromatic heterocycles. The third-order valence-corrected chi connectivity index (χ3v) is 12.3. The van der Waals surface area contributed by atoms with Crippen molar-refractivity contribution in [2.45, 2.75) is 156 Å². The molecule has 1 heterocycles. The first-order valence-electron chi connectivity index (χ1n) is 24.2. The summed E-state index contributed by atoms with van der Waals surface area (Å²) in [5.41, 5.74) is 14.0. The molecule has 0 aliphatic carbocycles. The molecule has 388 valence electrons. The number of benzene rings is 2. The molecule has 3 rings (SSSR count). The topological polar surface area (TPSA) is 238 Å². The lowest BCUT2D eigenvalue weighted by Crippen LogP contribution is -2.55. The number of carbonyl (C=O) groups excluding carboxylic acids is 8. The van der Waals surface area contributed by atoms with Crippen LogP contribution < -0.4 is 11.5 Å². The van der Waals surface area contributed by atoms with Crippen LogP contribution in [0.4, 0.5) is 11.4 Å². The molecule has 2 aromatic carbocycles. The average Bonchev–Trinajstić information content (AvgIpc) is 3.29. The summed E-state index contributed by atoms with van der Waals surface area (Å²) < 4.78 is 23.8. The number of amides is 4. The predicted octanol–water partition coefficient (Wildman–Crippen LogP) is 4.83. The average molecular weight is 979 g/mol. The molecule has 18 heteroatoms. The van der Waals surface area contributed by atoms with Crippen molar-refractivity contribution in [2.75, 3.05) is 39.7 Å². The maximum atomic E-state index is 14.7. The van der Waals surface area contributed by atoms with Gasteiger partial charge in [0, 0.05) is 52.4 Å². The summed E-state index contributed by atoms with van der Waals surface area (Å²) in [6, 6.07) is 8.09. The van der Waals surface area contributed by atoms with Gasteiger partial charge in [-0.15, -0.1) is 0 Å². The maximum absolute atomic E-state index is 14.7. The first-order chi connectivity index (χ1) is 32.6. The zero-order valence-corrected chi connectivity index (χ0v) is 43.6. The van der Waals surface area contributed by atoms with Gasteiger partial charge in [-0.2, -0.15) is 0 Å². The Morgan fingerprint density at radius 3 is 0.871 bits per heavy atom. The van der Waals surface area contributed by atoms with E-state index in [1.54, 1.807) is 48.5 Å². The van der Waals surface area contributed by atoms with Crippen molar-refractivity contribution in [3.05, 3.63) is 59.7 Å². The molecule has 4 amide bonds. The number of nitrogens with zero attached hydrogens (tertiary/aromatic N) is 4. The van der Waals surface area contributed by atoms with E-state index in [2.05, 4.69) is 0 Å². The van der Waals surface area contributed by atoms with Gasteiger partial charge in [-0.3, -0.25) is 19.2 Å². The van der Waals surface area contributed by atoms with Crippen molar-refractivity contribution in [1.82, 2.24) is 19.6 Å². The van der Waals surface area contributed by atoms with Crippen molar-refractivity contribution < 1.29 is 57.3 Å². The molecular formula is C52H78N6O12. The van der Waals surface area contributed by atoms with E-state index in [9.17, 15) is 38.4 Å². The van der Waals surface area contributed by atoms with Crippen LogP contribution in [0.2, 0.25) is 0 Å². The number of ether oxygens (including phenoxy) is 4. The minimum Gasteiger partial charge on any atom is -0.451 e. The van der Waals surface area contributed by atoms with Gasteiger partial charge in [0.25, 0.3) is 23.6 Å². The lowest BCUT2D eigenvalue weighted by Gasteiger charge is -2.35. The lowest BCUT2D eigenvalue weighted by atomic mass is 10.00. The second-order valence-corrected chi connectivity index (χ2v) is 20.3. The van der Waals surface area contributed by atoms with Crippen LogP contribution in [0.15, 0.2) is 48.5 Å². The molecule has 0 radical (unpaired) electrons. The fraction of sp³-hybridized carbons (Fsp3) is 0.615. The molecule has 0 bridgehead atoms. The molecule has 18 nitrogen and oxygen atoms in total. The number of esters is 4. The van der Waals surface area contributed by atoms with Crippen molar-refractivity contribution in [3.63, 3.8) is 0 Å². The quantitative estimate of drug-likeness (QED) is 0.165. The highest BCUT2D eigenvalue weighted by Crippen LogP contribution is 2.24. The van der Waals surface area contributed by atoms with Crippen LogP contribution in [0, 0.1) is 23.7 Å². The van der Waals surface area contributed by atoms with Gasteiger partial charge < -0.3 is 50.0 Å². The number of hydrogen-bond donors (Lipinski definition) is 2. The maximum Gasteiger partial charge on any atom is 0.329 e. The summed E-state index contributed by atoms with van der Waals surface area (Å²) >= 11 is 0. The number of hydrogen-bond acceptors (Lipinski definition) is 14. The number of nitrogen functional groups attached to an aromatic ring is 2. The third kappa shape index (κ3) is 16.5. The smallest absolute Gasteiger partial charge is 0.329 e. The molecule has 70 heavy (non-hydrogen) atoms. The van der Waals surface area contributed by atoms with E-state index in [0.29, 0.717) is 22.5 Å². The molecule has 1 saturated heterocycles. The van der Waals surface area contributed by atoms with Crippen LogP contribution in [0.25, 0.3) is 0 Å². The molecule has 0 spiro atoms. The molecule has 8 atom stereocenters. The molecule has 1 aliphatic heterocycles. The number of carbonyl (C=O) groups is 8. The molecule has 1 fully saturated rings. The SMILES string of the molecule is CC(C)C[C@H]1C(=O)O[C@H](C)C(=O)N(C)[C@@H](CC(C)C)C(=O)O[C@H](Cc2ccc(N)cc2)C(=O)N(C)[C@@H](CC(C)C)C(=O)O[C@H](C)C(=O)N(C)[C@@H](CC(C)C)C(=O)OC(Cc2ccc(N)cc2)C(=O)N1C. The second kappa shape index (κ2) is 26.1. The minimum atomic E-state index is -1.52. The van der Waals surface area contributed by atoms with Gasteiger partial charge in [-0.1, -0.05) is 79.7 Å². The Morgan fingerprint density at radius 1 is 0.400 bits per heavy atom. The van der Waals surface area contributed by atoms with Crippen molar-refractivity contribution in [2.24, 2.45) is 23.7 Å². The van der Waals surface area contributed by atoms with E-state index in [4.69, 9.17) is 30.4 Å². The lowest BCUT2D eigenvalue weighted by molar-refractivity contribution is -0.176. The van der Waals surface area contributed by atoms with Crippen molar-refractivity contribution in [1.29, 1.82) is 0 Å². The highest BCUT2D eigenvalue weighted by atomic mass is 16.6. The zero-order valence-electron chi connectivity index (χ0n) is 43.6. The summed E-state index contributed by atoms with van der Waals surface area (Å²) in [6.45, 7) is 17.4. The summed E-state index contributed by atoms with van der Waals surface area (Å²) in [5, 5.41) is 0. The number of cyclic esters (lactones) is 4. The summed E-state index contributed by atoms with van der Waals surface area (Å²) in [6.07, 6.45) is -5.93. The normalized spacial score (nSPS) is 24.8. The Kier molecular flexibility index (Phi) is 21.7. The van der Waals surface area contributed by atoms with Crippen molar-refractivity contribution in [3.8, 4) is 0 Å². The summed E-state index contributed by atoms with van der Waals surface area (Å²) in [5.74, 6) is -7.45. The standard InChI is InChI=1S/C52H78N6O12/c1-29(2)23-39-49(63)67-33(9)45(59)55(11)42(26-32(7)8)52(66)70-44(28-36-17-21-38(54)22-18-36)48(62)58(14)40(24-30(3)4)50(64)68-34(10)46(60)56(12)41(25-31(5)6)51(65)69-43(47(61)57(39)13)27-35-15-19-37(53)20-16-35/h15-22,29-34,39-44H,23-28,53-54H2,1-14H3/t33-,34-,39+,40+,41+,42+,43-,44?/m1/s1. The van der Waals surface area contributed by atoms with E-state index < -0.39 is 96.1 Å². The van der Waals surface area contributed by atoms with Crippen LogP contribution in [0.1, 0.15) is 106 Å². The number of anilines is 2. The zero-order chi connectivity index (χ0) is 52.9. The van der Waals surface area contributed by atoms with Crippen LogP contribution in [-0.2, 0) is 70.1 Å². The monoisotopic (exact) mass is 979 g/mol. The van der Waals surface area contributed by atoms with E-state index in [1.807, 2.05) is 55.4 Å². The van der Waals surface area contributed by atoms with Crippen LogP contribution >= 0.6 is 0 Å². The molecule has 2 aromatic rings. The number of nitrogens with two attached hydrogens (primary N) is 2. The van der Waals surface area contributed by atoms with Gasteiger partial charge in [0.05, 0.1) is 0 Å². The van der Waals surface area contributed by atoms with Gasteiger partial charge in [0.1, 0.15) is 24.2 Å². The Balaban J connectivity index is 2.26. The largest absolute Gasteiger partial charge is 0.451 e. The first-order valence-corrected chi connectivity index (χ1v) is 24.2. The van der Waals surface area contributed by atoms with E-state index in [0.717, 1.165) is 19.6 Å². The van der Waals surface area contributed by atoms with Gasteiger partial charge in [0.2, 0.25) is 0 Å². The summed E-state index contributed by atoms with van der Waals surface area (Å²) in [4.78, 5) is 120. The number of rotatable bonds is 12. The first kappa shape index (κ1) is 58.1. The fourth-order valence-electron chi connectivity index (χ4n) is 8.22.